The summed E-state index contributed by atoms with van der Waals surface area (Å²) in [6, 6.07) is 8.18. The lowest BCUT2D eigenvalue weighted by atomic mass is 9.98. The maximum Gasteiger partial charge on any atom is 0.282 e. The van der Waals surface area contributed by atoms with Crippen LogP contribution in [0.25, 0.3) is 0 Å². The first-order chi connectivity index (χ1) is 13.0. The van der Waals surface area contributed by atoms with Crippen molar-refractivity contribution in [1.29, 1.82) is 0 Å². The Bertz CT molecular complexity index is 730. The van der Waals surface area contributed by atoms with Gasteiger partial charge in [-0.3, -0.25) is 4.79 Å². The Balaban J connectivity index is 1.55. The fourth-order valence-corrected chi connectivity index (χ4v) is 5.20. The van der Waals surface area contributed by atoms with Gasteiger partial charge < -0.3 is 10.1 Å². The van der Waals surface area contributed by atoms with Gasteiger partial charge in [-0.25, -0.2) is 0 Å². The number of nitrogens with one attached hydrogen (secondary N) is 1. The van der Waals surface area contributed by atoms with Gasteiger partial charge in [0.15, 0.2) is 0 Å². The van der Waals surface area contributed by atoms with Gasteiger partial charge in [-0.2, -0.15) is 17.0 Å². The summed E-state index contributed by atoms with van der Waals surface area (Å²) < 4.78 is 33.8. The van der Waals surface area contributed by atoms with Crippen LogP contribution in [0.2, 0.25) is 0 Å². The van der Waals surface area contributed by atoms with Gasteiger partial charge in [0.05, 0.1) is 19.1 Å². The van der Waals surface area contributed by atoms with Crippen molar-refractivity contribution in [2.75, 3.05) is 39.4 Å². The van der Waals surface area contributed by atoms with Crippen molar-refractivity contribution in [3.8, 4) is 0 Å². The first kappa shape index (κ1) is 20.3. The van der Waals surface area contributed by atoms with Crippen molar-refractivity contribution in [2.24, 2.45) is 5.92 Å². The monoisotopic (exact) mass is 395 g/mol. The molecule has 1 amide bonds. The van der Waals surface area contributed by atoms with Crippen LogP contribution in [0.4, 0.5) is 0 Å². The van der Waals surface area contributed by atoms with Crippen LogP contribution in [0, 0.1) is 5.92 Å². The number of morpholine rings is 1. The molecule has 1 unspecified atom stereocenters. The summed E-state index contributed by atoms with van der Waals surface area (Å²) in [5.41, 5.74) is 2.32. The Hall–Kier alpha value is -1.48. The lowest BCUT2D eigenvalue weighted by Gasteiger charge is -2.36. The maximum absolute atomic E-state index is 12.8. The number of hydrogen-bond acceptors (Lipinski definition) is 4. The van der Waals surface area contributed by atoms with E-state index in [-0.39, 0.29) is 18.4 Å². The number of nitrogens with zero attached hydrogens (tertiary/aromatic N) is 2. The number of amides is 1. The summed E-state index contributed by atoms with van der Waals surface area (Å²) in [4.78, 5) is 12.6. The standard InChI is InChI=1S/C19H29N3O4S/c1-2-16-5-7-17(8-6-16)14-20-19(23)18-4-3-9-22(15-18)27(24,25)21-10-12-26-13-11-21/h5-8,18H,2-4,9-15H2,1H3,(H,20,23). The molecule has 0 bridgehead atoms. The topological polar surface area (TPSA) is 79.0 Å². The minimum Gasteiger partial charge on any atom is -0.379 e. The molecule has 0 radical (unpaired) electrons. The molecule has 7 nitrogen and oxygen atoms in total. The SMILES string of the molecule is CCc1ccc(CNC(=O)C2CCCN(S(=O)(=O)N3CCOCC3)C2)cc1. The molecule has 3 rings (SSSR count). The summed E-state index contributed by atoms with van der Waals surface area (Å²) in [7, 11) is -3.52. The average Bonchev–Trinajstić information content (AvgIpc) is 2.73. The second kappa shape index (κ2) is 9.14. The smallest absolute Gasteiger partial charge is 0.282 e. The van der Waals surface area contributed by atoms with E-state index in [0.717, 1.165) is 18.4 Å². The number of hydrogen-bond donors (Lipinski definition) is 1. The molecule has 1 atom stereocenters. The van der Waals surface area contributed by atoms with Crippen LogP contribution in [-0.2, 0) is 32.7 Å². The van der Waals surface area contributed by atoms with Crippen molar-refractivity contribution in [1.82, 2.24) is 13.9 Å². The molecular formula is C19H29N3O4S. The zero-order valence-corrected chi connectivity index (χ0v) is 16.7. The fraction of sp³-hybridized carbons (Fsp3) is 0.632. The van der Waals surface area contributed by atoms with Gasteiger partial charge in [0, 0.05) is 32.7 Å². The summed E-state index contributed by atoms with van der Waals surface area (Å²) in [6.07, 6.45) is 2.41. The zero-order chi connectivity index (χ0) is 19.3. The quantitative estimate of drug-likeness (QED) is 0.784. The molecule has 150 valence electrons. The molecule has 0 aliphatic carbocycles. The Morgan fingerprint density at radius 1 is 1.11 bits per heavy atom. The van der Waals surface area contributed by atoms with Crippen molar-refractivity contribution < 1.29 is 17.9 Å². The van der Waals surface area contributed by atoms with Crippen molar-refractivity contribution in [3.05, 3.63) is 35.4 Å². The number of rotatable bonds is 6. The van der Waals surface area contributed by atoms with Crippen molar-refractivity contribution >= 4 is 16.1 Å². The summed E-state index contributed by atoms with van der Waals surface area (Å²) >= 11 is 0. The van der Waals surface area contributed by atoms with Crippen LogP contribution >= 0.6 is 0 Å². The van der Waals surface area contributed by atoms with E-state index < -0.39 is 10.2 Å². The lowest BCUT2D eigenvalue weighted by Crippen LogP contribution is -2.52. The number of carbonyl (C=O) groups is 1. The third-order valence-electron chi connectivity index (χ3n) is 5.28. The Kier molecular flexibility index (Phi) is 6.86. The fourth-order valence-electron chi connectivity index (χ4n) is 3.53. The third kappa shape index (κ3) is 5.07. The summed E-state index contributed by atoms with van der Waals surface area (Å²) in [6.45, 7) is 4.91. The molecule has 2 saturated heterocycles. The van der Waals surface area contributed by atoms with Crippen LogP contribution in [0.15, 0.2) is 24.3 Å². The molecule has 2 heterocycles. The zero-order valence-electron chi connectivity index (χ0n) is 15.9. The molecule has 1 N–H and O–H groups in total. The third-order valence-corrected chi connectivity index (χ3v) is 7.28. The summed E-state index contributed by atoms with van der Waals surface area (Å²) in [5, 5.41) is 2.96. The Morgan fingerprint density at radius 2 is 1.78 bits per heavy atom. The molecule has 1 aromatic carbocycles. The van der Waals surface area contributed by atoms with Crippen LogP contribution in [0.1, 0.15) is 30.9 Å². The number of benzene rings is 1. The minimum absolute atomic E-state index is 0.0727. The van der Waals surface area contributed by atoms with E-state index >= 15 is 0 Å². The van der Waals surface area contributed by atoms with E-state index in [1.165, 1.54) is 14.2 Å². The highest BCUT2D eigenvalue weighted by Crippen LogP contribution is 2.22. The average molecular weight is 396 g/mol. The van der Waals surface area contributed by atoms with Crippen LogP contribution in [0.3, 0.4) is 0 Å². The minimum atomic E-state index is -3.52. The van der Waals surface area contributed by atoms with Crippen LogP contribution in [0.5, 0.6) is 0 Å². The largest absolute Gasteiger partial charge is 0.379 e. The first-order valence-electron chi connectivity index (χ1n) is 9.69. The molecule has 0 spiro atoms. The van der Waals surface area contributed by atoms with Gasteiger partial charge in [0.25, 0.3) is 10.2 Å². The molecule has 0 aromatic heterocycles. The van der Waals surface area contributed by atoms with Crippen molar-refractivity contribution in [2.45, 2.75) is 32.7 Å². The van der Waals surface area contributed by atoms with Crippen LogP contribution in [-0.4, -0.2) is 62.3 Å². The number of carbonyl (C=O) groups excluding carboxylic acids is 1. The van der Waals surface area contributed by atoms with Gasteiger partial charge >= 0.3 is 0 Å². The predicted molar refractivity (Wildman–Crippen MR) is 103 cm³/mol. The second-order valence-electron chi connectivity index (χ2n) is 7.10. The number of piperidine rings is 1. The second-order valence-corrected chi connectivity index (χ2v) is 9.03. The molecule has 8 heteroatoms. The molecule has 2 aliphatic heterocycles. The van der Waals surface area contributed by atoms with E-state index in [2.05, 4.69) is 24.4 Å². The first-order valence-corrected chi connectivity index (χ1v) is 11.1. The van der Waals surface area contributed by atoms with Gasteiger partial charge in [-0.1, -0.05) is 31.2 Å². The molecular weight excluding hydrogens is 366 g/mol. The van der Waals surface area contributed by atoms with Gasteiger partial charge in [-0.05, 0) is 30.4 Å². The lowest BCUT2D eigenvalue weighted by molar-refractivity contribution is -0.126. The predicted octanol–water partition coefficient (Wildman–Crippen LogP) is 1.15. The van der Waals surface area contributed by atoms with E-state index in [9.17, 15) is 13.2 Å². The van der Waals surface area contributed by atoms with Crippen molar-refractivity contribution in [3.63, 3.8) is 0 Å². The van der Waals surface area contributed by atoms with E-state index in [1.807, 2.05) is 12.1 Å². The molecule has 1 aromatic rings. The normalized spacial score (nSPS) is 22.5. The molecule has 2 aliphatic rings. The highest BCUT2D eigenvalue weighted by molar-refractivity contribution is 7.86. The Labute approximate surface area is 161 Å². The Morgan fingerprint density at radius 3 is 2.44 bits per heavy atom. The highest BCUT2D eigenvalue weighted by Gasteiger charge is 2.36. The number of aryl methyl sites for hydroxylation is 1. The molecule has 2 fully saturated rings. The van der Waals surface area contributed by atoms with Gasteiger partial charge in [-0.15, -0.1) is 0 Å². The molecule has 0 saturated carbocycles. The van der Waals surface area contributed by atoms with Crippen LogP contribution < -0.4 is 5.32 Å². The maximum atomic E-state index is 12.8. The van der Waals surface area contributed by atoms with E-state index in [4.69, 9.17) is 4.74 Å². The van der Waals surface area contributed by atoms with Gasteiger partial charge in [0.2, 0.25) is 5.91 Å². The number of ether oxygens (including phenoxy) is 1. The highest BCUT2D eigenvalue weighted by atomic mass is 32.2. The van der Waals surface area contributed by atoms with Gasteiger partial charge in [0.1, 0.15) is 0 Å². The summed E-state index contributed by atoms with van der Waals surface area (Å²) in [5.74, 6) is -0.374. The van der Waals surface area contributed by atoms with E-state index in [0.29, 0.717) is 45.8 Å². The molecule has 27 heavy (non-hydrogen) atoms. The van der Waals surface area contributed by atoms with E-state index in [1.54, 1.807) is 0 Å².